The number of methoxy groups -OCH3 is 1. The van der Waals surface area contributed by atoms with Crippen LogP contribution in [0.25, 0.3) is 0 Å². The van der Waals surface area contributed by atoms with E-state index < -0.39 is 6.04 Å². The molecule has 1 heterocycles. The van der Waals surface area contributed by atoms with E-state index >= 15 is 0 Å². The lowest BCUT2D eigenvalue weighted by Gasteiger charge is -2.15. The Hall–Kier alpha value is -1.40. The molecule has 1 aromatic rings. The average Bonchev–Trinajstić information content (AvgIpc) is 2.63. The lowest BCUT2D eigenvalue weighted by molar-refractivity contribution is -0.118. The summed E-state index contributed by atoms with van der Waals surface area (Å²) in [7, 11) is 1.50. The molecule has 6 heteroatoms. The summed E-state index contributed by atoms with van der Waals surface area (Å²) >= 11 is 0. The third-order valence-electron chi connectivity index (χ3n) is 2.29. The highest BCUT2D eigenvalue weighted by atomic mass is 16.5. The number of aromatic nitrogens is 2. The highest BCUT2D eigenvalue weighted by molar-refractivity contribution is 5.93. The molecule has 1 aromatic heterocycles. The van der Waals surface area contributed by atoms with E-state index in [1.807, 2.05) is 6.07 Å². The number of anilines is 1. The molecule has 0 aromatic carbocycles. The van der Waals surface area contributed by atoms with Gasteiger partial charge in [-0.2, -0.15) is 5.10 Å². The molecule has 4 N–H and O–H groups in total. The molecule has 0 aliphatic carbocycles. The van der Waals surface area contributed by atoms with E-state index in [-0.39, 0.29) is 17.9 Å². The first-order valence-electron chi connectivity index (χ1n) is 5.91. The van der Waals surface area contributed by atoms with Crippen molar-refractivity contribution >= 4 is 11.7 Å². The van der Waals surface area contributed by atoms with Crippen molar-refractivity contribution in [3.05, 3.63) is 11.8 Å². The predicted octanol–water partition coefficient (Wildman–Crippen LogP) is 0.910. The minimum Gasteiger partial charge on any atom is -0.383 e. The number of H-pyrrole nitrogens is 1. The van der Waals surface area contributed by atoms with Gasteiger partial charge >= 0.3 is 0 Å². The first-order valence-corrected chi connectivity index (χ1v) is 5.91. The molecule has 6 nitrogen and oxygen atoms in total. The predicted molar refractivity (Wildman–Crippen MR) is 70.2 cm³/mol. The van der Waals surface area contributed by atoms with Crippen molar-refractivity contribution < 1.29 is 9.53 Å². The summed E-state index contributed by atoms with van der Waals surface area (Å²) in [5, 5.41) is 9.58. The number of aromatic amines is 1. The molecule has 0 spiro atoms. The Bertz CT molecular complexity index is 395. The lowest BCUT2D eigenvalue weighted by atomic mass is 9.91. The van der Waals surface area contributed by atoms with E-state index in [2.05, 4.69) is 36.3 Å². The molecule has 1 rings (SSSR count). The van der Waals surface area contributed by atoms with Crippen LogP contribution < -0.4 is 11.1 Å². The third-order valence-corrected chi connectivity index (χ3v) is 2.29. The maximum Gasteiger partial charge on any atom is 0.244 e. The highest BCUT2D eigenvalue weighted by Gasteiger charge is 2.16. The van der Waals surface area contributed by atoms with Gasteiger partial charge in [-0.05, 0) is 11.8 Å². The average molecular weight is 254 g/mol. The molecule has 0 saturated heterocycles. The van der Waals surface area contributed by atoms with Gasteiger partial charge in [0.1, 0.15) is 6.04 Å². The minimum absolute atomic E-state index is 0.167. The fourth-order valence-corrected chi connectivity index (χ4v) is 1.56. The molecule has 0 aliphatic heterocycles. The Morgan fingerprint density at radius 1 is 1.61 bits per heavy atom. The van der Waals surface area contributed by atoms with Crippen molar-refractivity contribution in [1.29, 1.82) is 0 Å². The van der Waals surface area contributed by atoms with Gasteiger partial charge in [0.05, 0.1) is 6.61 Å². The van der Waals surface area contributed by atoms with Crippen LogP contribution >= 0.6 is 0 Å². The van der Waals surface area contributed by atoms with Gasteiger partial charge in [0.15, 0.2) is 5.82 Å². The van der Waals surface area contributed by atoms with E-state index in [1.54, 1.807) is 0 Å². The molecule has 1 unspecified atom stereocenters. The van der Waals surface area contributed by atoms with Gasteiger partial charge in [-0.1, -0.05) is 20.8 Å². The zero-order valence-electron chi connectivity index (χ0n) is 11.4. The Morgan fingerprint density at radius 3 is 2.83 bits per heavy atom. The van der Waals surface area contributed by atoms with Crippen LogP contribution in [-0.2, 0) is 16.0 Å². The van der Waals surface area contributed by atoms with Crippen LogP contribution in [0.3, 0.4) is 0 Å². The Labute approximate surface area is 107 Å². The summed E-state index contributed by atoms with van der Waals surface area (Å²) < 4.78 is 4.82. The molecule has 0 radical (unpaired) electrons. The monoisotopic (exact) mass is 254 g/mol. The maximum absolute atomic E-state index is 11.6. The molecule has 102 valence electrons. The van der Waals surface area contributed by atoms with Crippen molar-refractivity contribution in [1.82, 2.24) is 10.2 Å². The Balaban J connectivity index is 2.56. The van der Waals surface area contributed by atoms with Crippen LogP contribution in [0.2, 0.25) is 0 Å². The largest absolute Gasteiger partial charge is 0.383 e. The van der Waals surface area contributed by atoms with E-state index in [0.717, 1.165) is 12.1 Å². The summed E-state index contributed by atoms with van der Waals surface area (Å²) in [6.45, 7) is 6.60. The lowest BCUT2D eigenvalue weighted by Crippen LogP contribution is -2.39. The van der Waals surface area contributed by atoms with Crippen molar-refractivity contribution in [2.75, 3.05) is 19.0 Å². The minimum atomic E-state index is -0.683. The number of rotatable bonds is 5. The van der Waals surface area contributed by atoms with Gasteiger partial charge in [-0.25, -0.2) is 0 Å². The molecule has 0 bridgehead atoms. The van der Waals surface area contributed by atoms with Crippen molar-refractivity contribution in [2.24, 2.45) is 11.1 Å². The summed E-state index contributed by atoms with van der Waals surface area (Å²) in [6.07, 6.45) is 0.861. The normalized spacial score (nSPS) is 13.4. The quantitative estimate of drug-likeness (QED) is 0.728. The number of nitrogens with zero attached hydrogens (tertiary/aromatic N) is 1. The van der Waals surface area contributed by atoms with Crippen molar-refractivity contribution in [3.8, 4) is 0 Å². The smallest absolute Gasteiger partial charge is 0.244 e. The van der Waals surface area contributed by atoms with Crippen LogP contribution in [0, 0.1) is 5.41 Å². The van der Waals surface area contributed by atoms with E-state index in [0.29, 0.717) is 5.82 Å². The number of hydrogen-bond acceptors (Lipinski definition) is 4. The Morgan fingerprint density at radius 2 is 2.28 bits per heavy atom. The summed E-state index contributed by atoms with van der Waals surface area (Å²) in [5.41, 5.74) is 6.76. The zero-order chi connectivity index (χ0) is 13.8. The fraction of sp³-hybridized carbons (Fsp3) is 0.667. The first kappa shape index (κ1) is 14.7. The van der Waals surface area contributed by atoms with Crippen LogP contribution in [-0.4, -0.2) is 35.9 Å². The van der Waals surface area contributed by atoms with Crippen LogP contribution in [0.5, 0.6) is 0 Å². The molecule has 1 atom stereocenters. The standard InChI is InChI=1S/C12H22N4O2/c1-12(2,3)6-8-5-10(16-15-8)14-11(17)9(13)7-18-4/h5,9H,6-7,13H2,1-4H3,(H2,14,15,16,17). The highest BCUT2D eigenvalue weighted by Crippen LogP contribution is 2.20. The number of carbonyl (C=O) groups is 1. The molecule has 1 amide bonds. The summed E-state index contributed by atoms with van der Waals surface area (Å²) in [6, 6.07) is 1.14. The number of amides is 1. The van der Waals surface area contributed by atoms with E-state index in [9.17, 15) is 4.79 Å². The molecular weight excluding hydrogens is 232 g/mol. The van der Waals surface area contributed by atoms with Gasteiger partial charge < -0.3 is 15.8 Å². The van der Waals surface area contributed by atoms with Crippen molar-refractivity contribution in [3.63, 3.8) is 0 Å². The third kappa shape index (κ3) is 4.85. The first-order chi connectivity index (χ1) is 8.31. The van der Waals surface area contributed by atoms with Gasteiger partial charge in [0.2, 0.25) is 5.91 Å². The molecule has 0 aliphatic rings. The second kappa shape index (κ2) is 5.97. The molecule has 0 fully saturated rings. The van der Waals surface area contributed by atoms with Crippen LogP contribution in [0.15, 0.2) is 6.07 Å². The summed E-state index contributed by atoms with van der Waals surface area (Å²) in [5.74, 6) is 0.191. The van der Waals surface area contributed by atoms with Gasteiger partial charge in [0.25, 0.3) is 0 Å². The molecular formula is C12H22N4O2. The topological polar surface area (TPSA) is 93.0 Å². The fourth-order valence-electron chi connectivity index (χ4n) is 1.56. The zero-order valence-corrected chi connectivity index (χ0v) is 11.4. The van der Waals surface area contributed by atoms with E-state index in [4.69, 9.17) is 10.5 Å². The number of carbonyl (C=O) groups excluding carboxylic acids is 1. The van der Waals surface area contributed by atoms with Gasteiger partial charge in [-0.3, -0.25) is 9.89 Å². The second-order valence-electron chi connectivity index (χ2n) is 5.57. The van der Waals surface area contributed by atoms with Crippen LogP contribution in [0.4, 0.5) is 5.82 Å². The number of ether oxygens (including phenoxy) is 1. The maximum atomic E-state index is 11.6. The second-order valence-corrected chi connectivity index (χ2v) is 5.57. The molecule has 18 heavy (non-hydrogen) atoms. The van der Waals surface area contributed by atoms with Gasteiger partial charge in [0, 0.05) is 18.9 Å². The van der Waals surface area contributed by atoms with Crippen LogP contribution in [0.1, 0.15) is 26.5 Å². The number of hydrogen-bond donors (Lipinski definition) is 3. The Kier molecular flexibility index (Phi) is 4.86. The summed E-state index contributed by atoms with van der Waals surface area (Å²) in [4.78, 5) is 11.6. The molecule has 0 saturated carbocycles. The van der Waals surface area contributed by atoms with Gasteiger partial charge in [-0.15, -0.1) is 0 Å². The number of nitrogens with two attached hydrogens (primary N) is 1. The SMILES string of the molecule is COCC(N)C(=O)Nc1cc(CC(C)(C)C)[nH]n1. The number of nitrogens with one attached hydrogen (secondary N) is 2. The van der Waals surface area contributed by atoms with E-state index in [1.165, 1.54) is 7.11 Å². The van der Waals surface area contributed by atoms with Crippen molar-refractivity contribution in [2.45, 2.75) is 33.2 Å².